The van der Waals surface area contributed by atoms with Gasteiger partial charge in [-0.1, -0.05) is 218 Å². The van der Waals surface area contributed by atoms with Crippen LogP contribution in [0.1, 0.15) is 0 Å². The maximum atomic E-state index is 3.77. The van der Waals surface area contributed by atoms with E-state index >= 15 is 0 Å². The molecule has 1 nitrogen and oxygen atoms in total. The van der Waals surface area contributed by atoms with E-state index in [1.54, 1.807) is 0 Å². The highest BCUT2D eigenvalue weighted by Gasteiger charge is 2.30. The molecule has 1 aliphatic carbocycles. The summed E-state index contributed by atoms with van der Waals surface area (Å²) in [4.78, 5) is 3.77. The lowest BCUT2D eigenvalue weighted by Gasteiger charge is -2.21. The fourth-order valence-corrected chi connectivity index (χ4v) is 12.2. The van der Waals surface area contributed by atoms with Gasteiger partial charge in [0.15, 0.2) is 0 Å². The van der Waals surface area contributed by atoms with Crippen LogP contribution in [0.4, 0.5) is 0 Å². The lowest BCUT2D eigenvalue weighted by Crippen LogP contribution is -1.94. The Kier molecular flexibility index (Phi) is 8.73. The minimum atomic E-state index is 1.13. The summed E-state index contributed by atoms with van der Waals surface area (Å²) in [5.41, 5.74) is 22.3. The second-order valence-electron chi connectivity index (χ2n) is 19.1. The van der Waals surface area contributed by atoms with Gasteiger partial charge in [-0.2, -0.15) is 0 Å². The Morgan fingerprint density at radius 1 is 0.197 bits per heavy atom. The fraction of sp³-hybridized carbons (Fsp3) is 0. The third-order valence-corrected chi connectivity index (χ3v) is 15.3. The SMILES string of the molecule is c1ccc(-c2c3c(c(-c4ccccc4)c4cc(-c5ccc6[nH]c7ccc(-c8ccc9c(-c%10ccccc%10)c%10ccccc%10c(-c%10ccccc%10)c9c8)cc7c6c5)ccc24)-c2cccc4cccc-3c24)cc1. The highest BCUT2D eigenvalue weighted by molar-refractivity contribution is 6.28. The third-order valence-electron chi connectivity index (χ3n) is 15.3. The second kappa shape index (κ2) is 15.6. The molecule has 0 bridgehead atoms. The highest BCUT2D eigenvalue weighted by atomic mass is 14.7. The fourth-order valence-electron chi connectivity index (χ4n) is 12.2. The molecule has 0 aliphatic heterocycles. The van der Waals surface area contributed by atoms with Crippen LogP contribution in [0.25, 0.3) is 154 Å². The van der Waals surface area contributed by atoms with E-state index in [1.165, 1.54) is 143 Å². The van der Waals surface area contributed by atoms with E-state index in [1.807, 2.05) is 0 Å². The van der Waals surface area contributed by atoms with E-state index in [0.29, 0.717) is 0 Å². The summed E-state index contributed by atoms with van der Waals surface area (Å²) in [6, 6.07) is 94.5. The molecule has 0 radical (unpaired) electrons. The molecule has 0 fully saturated rings. The Labute approximate surface area is 411 Å². The van der Waals surface area contributed by atoms with Gasteiger partial charge in [-0.3, -0.25) is 0 Å². The summed E-state index contributed by atoms with van der Waals surface area (Å²) in [6.45, 7) is 0. The molecule has 1 N–H and O–H groups in total. The molecule has 0 spiro atoms. The lowest BCUT2D eigenvalue weighted by atomic mass is 9.82. The van der Waals surface area contributed by atoms with Crippen LogP contribution in [0.15, 0.2) is 255 Å². The molecular formula is C70H43N. The summed E-state index contributed by atoms with van der Waals surface area (Å²) >= 11 is 0. The molecule has 71 heavy (non-hydrogen) atoms. The number of aromatic amines is 1. The number of hydrogen-bond donors (Lipinski definition) is 1. The number of hydrogen-bond acceptors (Lipinski definition) is 0. The van der Waals surface area contributed by atoms with E-state index in [4.69, 9.17) is 0 Å². The minimum absolute atomic E-state index is 1.13. The monoisotopic (exact) mass is 897 g/mol. The zero-order chi connectivity index (χ0) is 46.6. The maximum Gasteiger partial charge on any atom is 0.0465 e. The van der Waals surface area contributed by atoms with Gasteiger partial charge in [-0.25, -0.2) is 0 Å². The zero-order valence-corrected chi connectivity index (χ0v) is 38.7. The van der Waals surface area contributed by atoms with Crippen molar-refractivity contribution < 1.29 is 0 Å². The average Bonchev–Trinajstić information content (AvgIpc) is 3.98. The summed E-state index contributed by atoms with van der Waals surface area (Å²) in [7, 11) is 0. The number of fused-ring (bicyclic) bond motifs is 9. The summed E-state index contributed by atoms with van der Waals surface area (Å²) in [5.74, 6) is 0. The van der Waals surface area contributed by atoms with Gasteiger partial charge >= 0.3 is 0 Å². The van der Waals surface area contributed by atoms with Crippen molar-refractivity contribution in [1.82, 2.24) is 4.98 Å². The summed E-state index contributed by atoms with van der Waals surface area (Å²) < 4.78 is 0. The number of rotatable bonds is 6. The van der Waals surface area contributed by atoms with E-state index in [2.05, 4.69) is 260 Å². The molecule has 0 atom stereocenters. The van der Waals surface area contributed by atoms with E-state index in [0.717, 1.165) is 11.0 Å². The number of nitrogens with one attached hydrogen (secondary N) is 1. The van der Waals surface area contributed by atoms with E-state index in [-0.39, 0.29) is 0 Å². The van der Waals surface area contributed by atoms with Crippen LogP contribution < -0.4 is 0 Å². The third kappa shape index (κ3) is 6.07. The van der Waals surface area contributed by atoms with Crippen LogP contribution in [0, 0.1) is 0 Å². The molecule has 1 heterocycles. The first-order chi connectivity index (χ1) is 35.2. The Morgan fingerprint density at radius 3 is 1.00 bits per heavy atom. The molecule has 14 aromatic rings. The molecule has 15 rings (SSSR count). The maximum absolute atomic E-state index is 3.77. The Morgan fingerprint density at radius 2 is 0.535 bits per heavy atom. The zero-order valence-electron chi connectivity index (χ0n) is 38.7. The van der Waals surface area contributed by atoms with E-state index in [9.17, 15) is 0 Å². The van der Waals surface area contributed by atoms with Crippen molar-refractivity contribution in [3.63, 3.8) is 0 Å². The Hall–Kier alpha value is -9.30. The molecule has 328 valence electrons. The normalized spacial score (nSPS) is 11.9. The minimum Gasteiger partial charge on any atom is -0.355 e. The predicted octanol–water partition coefficient (Wildman–Crippen LogP) is 19.6. The second-order valence-corrected chi connectivity index (χ2v) is 19.1. The van der Waals surface area contributed by atoms with Crippen molar-refractivity contribution in [3.8, 4) is 89.0 Å². The first-order valence-corrected chi connectivity index (χ1v) is 24.7. The number of benzene rings is 13. The first kappa shape index (κ1) is 39.7. The van der Waals surface area contributed by atoms with Gasteiger partial charge in [0.25, 0.3) is 0 Å². The number of aromatic nitrogens is 1. The van der Waals surface area contributed by atoms with Crippen molar-refractivity contribution in [3.05, 3.63) is 255 Å². The smallest absolute Gasteiger partial charge is 0.0465 e. The van der Waals surface area contributed by atoms with Gasteiger partial charge in [0.1, 0.15) is 0 Å². The molecule has 0 amide bonds. The standard InChI is InChI=1S/C70H43N/c1-5-17-43(18-6-1)64-52-27-13-14-28-53(52)65(44-19-7-2-8-20-44)60-41-48(31-35-54(60)64)50-33-37-62-58(39-50)59-40-51(34-38-63(59)71-62)49-32-36-55-61(42-49)68(47-23-11-4-12-24-47)70-57-30-16-26-45-25-15-29-56(66(45)57)69(70)67(55)46-21-9-3-10-22-46/h1-42,71H. The van der Waals surface area contributed by atoms with Crippen LogP contribution in [-0.4, -0.2) is 4.98 Å². The molecular weight excluding hydrogens is 855 g/mol. The molecule has 0 saturated carbocycles. The van der Waals surface area contributed by atoms with Gasteiger partial charge in [-0.15, -0.1) is 0 Å². The number of H-pyrrole nitrogens is 1. The van der Waals surface area contributed by atoms with Gasteiger partial charge < -0.3 is 4.98 Å². The molecule has 1 aliphatic rings. The largest absolute Gasteiger partial charge is 0.355 e. The predicted molar refractivity (Wildman–Crippen MR) is 303 cm³/mol. The van der Waals surface area contributed by atoms with E-state index < -0.39 is 0 Å². The van der Waals surface area contributed by atoms with Crippen LogP contribution in [0.3, 0.4) is 0 Å². The molecule has 1 aromatic heterocycles. The summed E-state index contributed by atoms with van der Waals surface area (Å²) in [5, 5.41) is 12.6. The molecule has 13 aromatic carbocycles. The Bertz CT molecular complexity index is 4460. The first-order valence-electron chi connectivity index (χ1n) is 24.7. The van der Waals surface area contributed by atoms with Crippen molar-refractivity contribution in [1.29, 1.82) is 0 Å². The highest BCUT2D eigenvalue weighted by Crippen LogP contribution is 2.58. The van der Waals surface area contributed by atoms with Gasteiger partial charge in [0.2, 0.25) is 0 Å². The topological polar surface area (TPSA) is 15.8 Å². The molecule has 0 saturated heterocycles. The van der Waals surface area contributed by atoms with Gasteiger partial charge in [-0.05, 0) is 169 Å². The summed E-state index contributed by atoms with van der Waals surface area (Å²) in [6.07, 6.45) is 0. The van der Waals surface area contributed by atoms with Crippen molar-refractivity contribution in [2.45, 2.75) is 0 Å². The van der Waals surface area contributed by atoms with Crippen molar-refractivity contribution >= 4 is 64.9 Å². The van der Waals surface area contributed by atoms with Crippen LogP contribution in [0.2, 0.25) is 0 Å². The molecule has 1 heteroatoms. The van der Waals surface area contributed by atoms with Crippen LogP contribution in [0.5, 0.6) is 0 Å². The van der Waals surface area contributed by atoms with Gasteiger partial charge in [0.05, 0.1) is 0 Å². The lowest BCUT2D eigenvalue weighted by molar-refractivity contribution is 1.54. The van der Waals surface area contributed by atoms with Crippen LogP contribution in [-0.2, 0) is 0 Å². The van der Waals surface area contributed by atoms with Crippen molar-refractivity contribution in [2.24, 2.45) is 0 Å². The van der Waals surface area contributed by atoms with Crippen LogP contribution >= 0.6 is 0 Å². The quantitative estimate of drug-likeness (QED) is 0.160. The average molecular weight is 898 g/mol. The van der Waals surface area contributed by atoms with Gasteiger partial charge in [0, 0.05) is 21.8 Å². The Balaban J connectivity index is 0.929. The molecule has 0 unspecified atom stereocenters. The van der Waals surface area contributed by atoms with Crippen molar-refractivity contribution in [2.75, 3.05) is 0 Å².